The summed E-state index contributed by atoms with van der Waals surface area (Å²) in [6.07, 6.45) is 2.91. The Bertz CT molecular complexity index is 352. The van der Waals surface area contributed by atoms with E-state index >= 15 is 0 Å². The average molecular weight is 285 g/mol. The normalized spacial score (nSPS) is 25.0. The number of rotatable bonds is 6. The average Bonchev–Trinajstić information content (AvgIpc) is 2.34. The van der Waals surface area contributed by atoms with Gasteiger partial charge < -0.3 is 15.5 Å². The molecule has 1 fully saturated rings. The van der Waals surface area contributed by atoms with Crippen molar-refractivity contribution < 1.29 is 19.8 Å². The molecule has 0 heterocycles. The summed E-state index contributed by atoms with van der Waals surface area (Å²) >= 11 is 0. The van der Waals surface area contributed by atoms with Gasteiger partial charge in [0, 0.05) is 12.5 Å². The Morgan fingerprint density at radius 3 is 2.45 bits per heavy atom. The van der Waals surface area contributed by atoms with Crippen LogP contribution in [0.5, 0.6) is 0 Å². The van der Waals surface area contributed by atoms with Crippen LogP contribution >= 0.6 is 0 Å². The summed E-state index contributed by atoms with van der Waals surface area (Å²) in [5.74, 6) is -1.41. The highest BCUT2D eigenvalue weighted by Gasteiger charge is 2.31. The quantitative estimate of drug-likeness (QED) is 0.694. The molecule has 1 amide bonds. The molecule has 0 aromatic carbocycles. The number of hydrogen-bond donors (Lipinski definition) is 3. The second-order valence-electron chi connectivity index (χ2n) is 6.83. The number of aliphatic carboxylic acids is 1. The fourth-order valence-corrected chi connectivity index (χ4v) is 2.99. The van der Waals surface area contributed by atoms with Crippen LogP contribution in [0, 0.1) is 17.3 Å². The number of carbonyl (C=O) groups is 2. The smallest absolute Gasteiger partial charge is 0.306 e. The number of aliphatic hydroxyl groups is 1. The van der Waals surface area contributed by atoms with Crippen molar-refractivity contribution in [3.63, 3.8) is 0 Å². The van der Waals surface area contributed by atoms with Crippen LogP contribution < -0.4 is 5.32 Å². The van der Waals surface area contributed by atoms with E-state index in [-0.39, 0.29) is 23.2 Å². The number of carbonyl (C=O) groups excluding carboxylic acids is 1. The Morgan fingerprint density at radius 2 is 1.90 bits per heavy atom. The van der Waals surface area contributed by atoms with Gasteiger partial charge in [0.1, 0.15) is 0 Å². The fourth-order valence-electron chi connectivity index (χ4n) is 2.99. The standard InChI is InChI=1S/C15H27NO4/c1-10(17)8-15(2,3)9-16-13(18)11-5-4-6-12(7-11)14(19)20/h10-12,17H,4-9H2,1-3H3,(H,16,18)(H,19,20). The maximum atomic E-state index is 12.1. The first kappa shape index (κ1) is 17.0. The lowest BCUT2D eigenvalue weighted by Crippen LogP contribution is -2.40. The van der Waals surface area contributed by atoms with E-state index in [9.17, 15) is 14.7 Å². The van der Waals surface area contributed by atoms with Crippen LogP contribution in [-0.2, 0) is 9.59 Å². The topological polar surface area (TPSA) is 86.6 Å². The molecule has 3 unspecified atom stereocenters. The highest BCUT2D eigenvalue weighted by atomic mass is 16.4. The third-order valence-corrected chi connectivity index (χ3v) is 3.98. The summed E-state index contributed by atoms with van der Waals surface area (Å²) in [6.45, 7) is 6.25. The second-order valence-corrected chi connectivity index (χ2v) is 6.83. The van der Waals surface area contributed by atoms with Gasteiger partial charge in [-0.05, 0) is 38.0 Å². The Morgan fingerprint density at radius 1 is 1.30 bits per heavy atom. The summed E-state index contributed by atoms with van der Waals surface area (Å²) in [5.41, 5.74) is -0.162. The van der Waals surface area contributed by atoms with Crippen LogP contribution in [0.4, 0.5) is 0 Å². The molecule has 0 aromatic heterocycles. The summed E-state index contributed by atoms with van der Waals surface area (Å²) in [4.78, 5) is 23.1. The summed E-state index contributed by atoms with van der Waals surface area (Å²) in [7, 11) is 0. The molecular formula is C15H27NO4. The Kier molecular flexibility index (Phi) is 5.99. The molecule has 5 nitrogen and oxygen atoms in total. The predicted molar refractivity (Wildman–Crippen MR) is 76.2 cm³/mol. The molecule has 3 atom stereocenters. The third-order valence-electron chi connectivity index (χ3n) is 3.98. The summed E-state index contributed by atoms with van der Waals surface area (Å²) in [6, 6.07) is 0. The number of hydrogen-bond acceptors (Lipinski definition) is 3. The van der Waals surface area contributed by atoms with Gasteiger partial charge in [-0.1, -0.05) is 20.3 Å². The molecular weight excluding hydrogens is 258 g/mol. The zero-order chi connectivity index (χ0) is 15.3. The Labute approximate surface area is 120 Å². The van der Waals surface area contributed by atoms with Gasteiger partial charge in [0.2, 0.25) is 5.91 Å². The van der Waals surface area contributed by atoms with Crippen LogP contribution in [-0.4, -0.2) is 34.7 Å². The number of aliphatic hydroxyl groups excluding tert-OH is 1. The third kappa shape index (κ3) is 5.49. The van der Waals surface area contributed by atoms with Crippen molar-refractivity contribution >= 4 is 11.9 Å². The molecule has 0 aliphatic heterocycles. The fraction of sp³-hybridized carbons (Fsp3) is 0.867. The summed E-state index contributed by atoms with van der Waals surface area (Å²) in [5, 5.41) is 21.4. The van der Waals surface area contributed by atoms with Crippen molar-refractivity contribution in [1.29, 1.82) is 0 Å². The first-order valence-corrected chi connectivity index (χ1v) is 7.40. The first-order valence-electron chi connectivity index (χ1n) is 7.40. The first-order chi connectivity index (χ1) is 9.21. The molecule has 0 bridgehead atoms. The molecule has 0 saturated heterocycles. The Hall–Kier alpha value is -1.10. The van der Waals surface area contributed by atoms with Crippen molar-refractivity contribution in [3.8, 4) is 0 Å². The minimum absolute atomic E-state index is 0.0467. The lowest BCUT2D eigenvalue weighted by atomic mass is 9.80. The lowest BCUT2D eigenvalue weighted by molar-refractivity contribution is -0.144. The second kappa shape index (κ2) is 7.07. The van der Waals surface area contributed by atoms with Crippen molar-refractivity contribution in [3.05, 3.63) is 0 Å². The van der Waals surface area contributed by atoms with E-state index in [0.717, 1.165) is 12.8 Å². The van der Waals surface area contributed by atoms with E-state index in [1.807, 2.05) is 13.8 Å². The van der Waals surface area contributed by atoms with Crippen LogP contribution in [0.3, 0.4) is 0 Å². The van der Waals surface area contributed by atoms with Crippen molar-refractivity contribution in [2.24, 2.45) is 17.3 Å². The molecule has 0 radical (unpaired) electrons. The van der Waals surface area contributed by atoms with Gasteiger partial charge in [0.25, 0.3) is 0 Å². The van der Waals surface area contributed by atoms with E-state index in [0.29, 0.717) is 25.8 Å². The number of carboxylic acids is 1. The van der Waals surface area contributed by atoms with Crippen molar-refractivity contribution in [2.75, 3.05) is 6.54 Å². The molecule has 1 aliphatic rings. The molecule has 20 heavy (non-hydrogen) atoms. The molecule has 0 spiro atoms. The Balaban J connectivity index is 2.44. The summed E-state index contributed by atoms with van der Waals surface area (Å²) < 4.78 is 0. The van der Waals surface area contributed by atoms with E-state index < -0.39 is 12.1 Å². The van der Waals surface area contributed by atoms with E-state index in [4.69, 9.17) is 5.11 Å². The lowest BCUT2D eigenvalue weighted by Gasteiger charge is -2.29. The van der Waals surface area contributed by atoms with Crippen LogP contribution in [0.1, 0.15) is 52.9 Å². The van der Waals surface area contributed by atoms with Gasteiger partial charge in [-0.2, -0.15) is 0 Å². The minimum atomic E-state index is -0.795. The van der Waals surface area contributed by atoms with Crippen LogP contribution in [0.25, 0.3) is 0 Å². The van der Waals surface area contributed by atoms with E-state index in [2.05, 4.69) is 5.32 Å². The highest BCUT2D eigenvalue weighted by Crippen LogP contribution is 2.29. The van der Waals surface area contributed by atoms with E-state index in [1.165, 1.54) is 0 Å². The van der Waals surface area contributed by atoms with Crippen LogP contribution in [0.15, 0.2) is 0 Å². The SMILES string of the molecule is CC(O)CC(C)(C)CNC(=O)C1CCCC(C(=O)O)C1. The van der Waals surface area contributed by atoms with Crippen molar-refractivity contribution in [2.45, 2.75) is 59.0 Å². The molecule has 3 N–H and O–H groups in total. The minimum Gasteiger partial charge on any atom is -0.481 e. The largest absolute Gasteiger partial charge is 0.481 e. The predicted octanol–water partition coefficient (Wildman–Crippen LogP) is 1.79. The molecule has 1 rings (SSSR count). The highest BCUT2D eigenvalue weighted by molar-refractivity contribution is 5.80. The molecule has 5 heteroatoms. The van der Waals surface area contributed by atoms with Crippen molar-refractivity contribution in [1.82, 2.24) is 5.32 Å². The molecule has 116 valence electrons. The van der Waals surface area contributed by atoms with E-state index in [1.54, 1.807) is 6.92 Å². The van der Waals surface area contributed by atoms with Crippen LogP contribution in [0.2, 0.25) is 0 Å². The zero-order valence-electron chi connectivity index (χ0n) is 12.7. The van der Waals surface area contributed by atoms with Gasteiger partial charge in [-0.3, -0.25) is 9.59 Å². The number of nitrogens with one attached hydrogen (secondary N) is 1. The molecule has 1 saturated carbocycles. The molecule has 1 aliphatic carbocycles. The van der Waals surface area contributed by atoms with Gasteiger partial charge in [-0.25, -0.2) is 0 Å². The van der Waals surface area contributed by atoms with Gasteiger partial charge in [0.15, 0.2) is 0 Å². The van der Waals surface area contributed by atoms with Gasteiger partial charge >= 0.3 is 5.97 Å². The number of carboxylic acid groups (broad SMARTS) is 1. The number of amides is 1. The monoisotopic (exact) mass is 285 g/mol. The van der Waals surface area contributed by atoms with Gasteiger partial charge in [0.05, 0.1) is 12.0 Å². The zero-order valence-corrected chi connectivity index (χ0v) is 12.7. The molecule has 0 aromatic rings. The van der Waals surface area contributed by atoms with Gasteiger partial charge in [-0.15, -0.1) is 0 Å². The maximum absolute atomic E-state index is 12.1. The maximum Gasteiger partial charge on any atom is 0.306 e.